The Morgan fingerprint density at radius 1 is 1.16 bits per heavy atom. The van der Waals surface area contributed by atoms with E-state index in [0.29, 0.717) is 0 Å². The molecule has 6 nitrogen and oxygen atoms in total. The van der Waals surface area contributed by atoms with Gasteiger partial charge in [0.05, 0.1) is 18.1 Å². The van der Waals surface area contributed by atoms with Gasteiger partial charge in [-0.15, -0.1) is 4.40 Å². The highest BCUT2D eigenvalue weighted by molar-refractivity contribution is 7.90. The molecule has 7 heteroatoms. The van der Waals surface area contributed by atoms with Crippen molar-refractivity contribution < 1.29 is 18.6 Å². The normalized spacial score (nSPS) is 11.9. The van der Waals surface area contributed by atoms with Crippen LogP contribution in [0.3, 0.4) is 0 Å². The Balaban J connectivity index is 2.85. The van der Waals surface area contributed by atoms with Crippen LogP contribution in [-0.4, -0.2) is 56.2 Å². The first kappa shape index (κ1) is 15.6. The molecular weight excluding hydrogens is 268 g/mol. The smallest absolute Gasteiger partial charge is 0.283 e. The molecule has 0 saturated heterocycles. The van der Waals surface area contributed by atoms with Crippen molar-refractivity contribution in [2.45, 2.75) is 11.8 Å². The van der Waals surface area contributed by atoms with E-state index >= 15 is 0 Å². The van der Waals surface area contributed by atoms with E-state index in [1.54, 1.807) is 12.1 Å². The molecule has 0 radical (unpaired) electrons. The lowest BCUT2D eigenvalue weighted by Crippen LogP contribution is -2.28. The molecule has 1 aromatic rings. The van der Waals surface area contributed by atoms with Gasteiger partial charge >= 0.3 is 0 Å². The minimum Gasteiger partial charge on any atom is -0.395 e. The highest BCUT2D eigenvalue weighted by Gasteiger charge is 2.11. The molecule has 0 aliphatic rings. The van der Waals surface area contributed by atoms with E-state index in [4.69, 9.17) is 10.2 Å². The molecular formula is C12H18N2O4S. The lowest BCUT2D eigenvalue weighted by Gasteiger charge is -2.16. The Morgan fingerprint density at radius 2 is 1.68 bits per heavy atom. The largest absolute Gasteiger partial charge is 0.395 e. The summed E-state index contributed by atoms with van der Waals surface area (Å²) in [5, 5.41) is 17.6. The van der Waals surface area contributed by atoms with Crippen molar-refractivity contribution in [3.05, 3.63) is 29.8 Å². The molecule has 0 aliphatic carbocycles. The van der Waals surface area contributed by atoms with Crippen molar-refractivity contribution in [3.63, 3.8) is 0 Å². The number of hydrogen-bond donors (Lipinski definition) is 2. The van der Waals surface area contributed by atoms with Crippen LogP contribution >= 0.6 is 0 Å². The minimum atomic E-state index is -3.74. The molecule has 0 atom stereocenters. The van der Waals surface area contributed by atoms with E-state index in [9.17, 15) is 8.42 Å². The van der Waals surface area contributed by atoms with Gasteiger partial charge in [-0.25, -0.2) is 0 Å². The Kier molecular flexibility index (Phi) is 5.94. The quantitative estimate of drug-likeness (QED) is 0.544. The summed E-state index contributed by atoms with van der Waals surface area (Å²) in [5.41, 5.74) is 0.963. The molecule has 0 fully saturated rings. The molecule has 0 amide bonds. The fraction of sp³-hybridized carbons (Fsp3) is 0.417. The SMILES string of the molecule is Cc1ccc(S(=O)(=O)/N=C/N(CCO)CCO)cc1. The van der Waals surface area contributed by atoms with E-state index in [1.807, 2.05) is 6.92 Å². The van der Waals surface area contributed by atoms with Gasteiger partial charge < -0.3 is 15.1 Å². The van der Waals surface area contributed by atoms with Crippen LogP contribution in [0.1, 0.15) is 5.56 Å². The van der Waals surface area contributed by atoms with E-state index in [1.165, 1.54) is 17.0 Å². The van der Waals surface area contributed by atoms with Crippen LogP contribution in [0.5, 0.6) is 0 Å². The van der Waals surface area contributed by atoms with Gasteiger partial charge in [-0.2, -0.15) is 8.42 Å². The van der Waals surface area contributed by atoms with Crippen molar-refractivity contribution in [2.24, 2.45) is 4.40 Å². The standard InChI is InChI=1S/C12H18N2O4S/c1-11-2-4-12(5-3-11)19(17,18)13-10-14(6-8-15)7-9-16/h2-5,10,15-16H,6-9H2,1H3/b13-10+. The maximum Gasteiger partial charge on any atom is 0.283 e. The van der Waals surface area contributed by atoms with Gasteiger partial charge in [0.25, 0.3) is 10.0 Å². The zero-order valence-electron chi connectivity index (χ0n) is 10.7. The van der Waals surface area contributed by atoms with E-state index in [-0.39, 0.29) is 31.2 Å². The van der Waals surface area contributed by atoms with Crippen LogP contribution in [0.25, 0.3) is 0 Å². The highest BCUT2D eigenvalue weighted by atomic mass is 32.2. The number of rotatable bonds is 7. The molecule has 0 aromatic heterocycles. The zero-order chi connectivity index (χ0) is 14.3. The maximum absolute atomic E-state index is 11.9. The summed E-state index contributed by atoms with van der Waals surface area (Å²) in [7, 11) is -3.74. The van der Waals surface area contributed by atoms with Crippen molar-refractivity contribution in [3.8, 4) is 0 Å². The Morgan fingerprint density at radius 3 is 2.16 bits per heavy atom. The van der Waals surface area contributed by atoms with Crippen LogP contribution in [0.2, 0.25) is 0 Å². The molecule has 0 aliphatic heterocycles. The number of sulfonamides is 1. The molecule has 0 unspecified atom stereocenters. The molecule has 2 N–H and O–H groups in total. The van der Waals surface area contributed by atoms with Gasteiger partial charge in [0.15, 0.2) is 0 Å². The molecule has 0 spiro atoms. The molecule has 0 heterocycles. The zero-order valence-corrected chi connectivity index (χ0v) is 11.5. The number of aryl methyl sites for hydroxylation is 1. The van der Waals surface area contributed by atoms with E-state index in [2.05, 4.69) is 4.40 Å². The van der Waals surface area contributed by atoms with Crippen LogP contribution in [0.4, 0.5) is 0 Å². The van der Waals surface area contributed by atoms with Gasteiger partial charge in [0, 0.05) is 13.1 Å². The van der Waals surface area contributed by atoms with Crippen molar-refractivity contribution in [2.75, 3.05) is 26.3 Å². The molecule has 1 rings (SSSR count). The fourth-order valence-electron chi connectivity index (χ4n) is 1.38. The number of aliphatic hydroxyl groups is 2. The van der Waals surface area contributed by atoms with Crippen LogP contribution in [-0.2, 0) is 10.0 Å². The van der Waals surface area contributed by atoms with Crippen LogP contribution in [0.15, 0.2) is 33.6 Å². The van der Waals surface area contributed by atoms with Crippen molar-refractivity contribution in [1.82, 2.24) is 4.90 Å². The number of benzene rings is 1. The van der Waals surface area contributed by atoms with Crippen LogP contribution < -0.4 is 0 Å². The van der Waals surface area contributed by atoms with Gasteiger partial charge in [0.1, 0.15) is 6.34 Å². The number of nitrogens with zero attached hydrogens (tertiary/aromatic N) is 2. The van der Waals surface area contributed by atoms with E-state index < -0.39 is 10.0 Å². The minimum absolute atomic E-state index is 0.113. The lowest BCUT2D eigenvalue weighted by atomic mass is 10.2. The molecule has 1 aromatic carbocycles. The first-order chi connectivity index (χ1) is 8.99. The number of hydrogen-bond acceptors (Lipinski definition) is 4. The molecule has 0 bridgehead atoms. The summed E-state index contributed by atoms with van der Waals surface area (Å²) in [6.07, 6.45) is 1.13. The highest BCUT2D eigenvalue weighted by Crippen LogP contribution is 2.12. The molecule has 19 heavy (non-hydrogen) atoms. The summed E-state index contributed by atoms with van der Waals surface area (Å²) in [5.74, 6) is 0. The summed E-state index contributed by atoms with van der Waals surface area (Å²) < 4.78 is 27.4. The first-order valence-electron chi connectivity index (χ1n) is 5.82. The van der Waals surface area contributed by atoms with Gasteiger partial charge in [-0.3, -0.25) is 0 Å². The second-order valence-electron chi connectivity index (χ2n) is 3.99. The first-order valence-corrected chi connectivity index (χ1v) is 7.26. The summed E-state index contributed by atoms with van der Waals surface area (Å²) in [6.45, 7) is 2.01. The van der Waals surface area contributed by atoms with E-state index in [0.717, 1.165) is 11.9 Å². The summed E-state index contributed by atoms with van der Waals surface area (Å²) in [6, 6.07) is 6.37. The third-order valence-electron chi connectivity index (χ3n) is 2.44. The van der Waals surface area contributed by atoms with Crippen LogP contribution in [0, 0.1) is 6.92 Å². The maximum atomic E-state index is 11.9. The van der Waals surface area contributed by atoms with Gasteiger partial charge in [-0.1, -0.05) is 17.7 Å². The molecule has 106 valence electrons. The predicted molar refractivity (Wildman–Crippen MR) is 72.6 cm³/mol. The summed E-state index contributed by atoms with van der Waals surface area (Å²) >= 11 is 0. The predicted octanol–water partition coefficient (Wildman–Crippen LogP) is -0.00138. The fourth-order valence-corrected chi connectivity index (χ4v) is 2.24. The second kappa shape index (κ2) is 7.22. The van der Waals surface area contributed by atoms with Crippen molar-refractivity contribution >= 4 is 16.4 Å². The third kappa shape index (κ3) is 4.98. The number of aliphatic hydroxyl groups excluding tert-OH is 2. The Hall–Kier alpha value is -1.44. The average Bonchev–Trinajstić information content (AvgIpc) is 2.37. The second-order valence-corrected chi connectivity index (χ2v) is 5.62. The topological polar surface area (TPSA) is 90.2 Å². The van der Waals surface area contributed by atoms with Gasteiger partial charge in [-0.05, 0) is 19.1 Å². The monoisotopic (exact) mass is 286 g/mol. The average molecular weight is 286 g/mol. The lowest BCUT2D eigenvalue weighted by molar-refractivity contribution is 0.215. The Bertz CT molecular complexity index is 505. The van der Waals surface area contributed by atoms with Crippen molar-refractivity contribution in [1.29, 1.82) is 0 Å². The third-order valence-corrected chi connectivity index (χ3v) is 3.68. The Labute approximate surface area is 113 Å². The molecule has 0 saturated carbocycles. The van der Waals surface area contributed by atoms with Gasteiger partial charge in [0.2, 0.25) is 0 Å². The summed E-state index contributed by atoms with van der Waals surface area (Å²) in [4.78, 5) is 1.55.